The van der Waals surface area contributed by atoms with Crippen molar-refractivity contribution >= 4 is 38.3 Å². The predicted molar refractivity (Wildman–Crippen MR) is 134 cm³/mol. The highest BCUT2D eigenvalue weighted by atomic mass is 32.1. The van der Waals surface area contributed by atoms with E-state index in [1.165, 1.54) is 17.4 Å². The molecular formula is C25H22N4O6S. The molecule has 1 atom stereocenters. The number of ether oxygens (including phenoxy) is 1. The SMILES string of the molecule is NC[C@@H](C(=O)Nc1cc2ccncc2s1)c1ccc(COC(=O)c2cccc(CO[N+](=O)[O-])c2)cc1. The number of hydrogen-bond donors (Lipinski definition) is 2. The van der Waals surface area contributed by atoms with E-state index in [2.05, 4.69) is 15.1 Å². The van der Waals surface area contributed by atoms with Gasteiger partial charge in [0.15, 0.2) is 0 Å². The average Bonchev–Trinajstić information content (AvgIpc) is 3.29. The van der Waals surface area contributed by atoms with Gasteiger partial charge in [-0.15, -0.1) is 21.5 Å². The molecule has 1 amide bonds. The van der Waals surface area contributed by atoms with Crippen molar-refractivity contribution in [2.75, 3.05) is 11.9 Å². The number of amides is 1. The Morgan fingerprint density at radius 3 is 2.61 bits per heavy atom. The van der Waals surface area contributed by atoms with Crippen LogP contribution in [0.15, 0.2) is 73.1 Å². The molecule has 0 aliphatic rings. The smallest absolute Gasteiger partial charge is 0.338 e. The molecule has 11 heteroatoms. The van der Waals surface area contributed by atoms with Gasteiger partial charge in [0.1, 0.15) is 13.2 Å². The van der Waals surface area contributed by atoms with E-state index in [0.717, 1.165) is 26.2 Å². The molecule has 0 bridgehead atoms. The quantitative estimate of drug-likeness (QED) is 0.186. The standard InChI is InChI=1S/C25H22N4O6S/c26-12-21(24(30)28-23-11-19-8-9-27-13-22(19)36-23)18-6-4-16(5-7-18)14-34-25(31)20-3-1-2-17(10-20)15-35-29(32)33/h1-11,13,21H,12,14-15,26H2,(H,28,30)/t21-/m1/s1. The second-order valence-corrected chi connectivity index (χ2v) is 8.90. The summed E-state index contributed by atoms with van der Waals surface area (Å²) in [7, 11) is 0. The van der Waals surface area contributed by atoms with Gasteiger partial charge in [0, 0.05) is 18.9 Å². The van der Waals surface area contributed by atoms with Crippen molar-refractivity contribution < 1.29 is 24.3 Å². The number of nitrogens with one attached hydrogen (secondary N) is 1. The number of fused-ring (bicyclic) bond motifs is 1. The van der Waals surface area contributed by atoms with Gasteiger partial charge < -0.3 is 20.6 Å². The molecule has 0 radical (unpaired) electrons. The number of carbonyl (C=O) groups excluding carboxylic acids is 2. The molecule has 4 rings (SSSR count). The van der Waals surface area contributed by atoms with Gasteiger partial charge in [-0.25, -0.2) is 4.79 Å². The van der Waals surface area contributed by atoms with Gasteiger partial charge in [0.25, 0.3) is 5.09 Å². The number of thiophene rings is 1. The second kappa shape index (κ2) is 11.4. The normalized spacial score (nSPS) is 11.6. The van der Waals surface area contributed by atoms with E-state index in [1.807, 2.05) is 12.1 Å². The van der Waals surface area contributed by atoms with Crippen molar-refractivity contribution in [3.05, 3.63) is 105 Å². The van der Waals surface area contributed by atoms with Crippen LogP contribution in [0.3, 0.4) is 0 Å². The first-order valence-electron chi connectivity index (χ1n) is 10.9. The van der Waals surface area contributed by atoms with Gasteiger partial charge in [-0.05, 0) is 46.3 Å². The maximum Gasteiger partial charge on any atom is 0.338 e. The fourth-order valence-corrected chi connectivity index (χ4v) is 4.48. The molecule has 3 N–H and O–H groups in total. The number of pyridine rings is 1. The molecule has 0 fully saturated rings. The van der Waals surface area contributed by atoms with Crippen LogP contribution in [0.25, 0.3) is 10.1 Å². The van der Waals surface area contributed by atoms with Crippen molar-refractivity contribution in [1.29, 1.82) is 0 Å². The Morgan fingerprint density at radius 1 is 1.08 bits per heavy atom. The van der Waals surface area contributed by atoms with E-state index in [1.54, 1.807) is 54.9 Å². The lowest BCUT2D eigenvalue weighted by Crippen LogP contribution is -2.27. The number of hydrogen-bond acceptors (Lipinski definition) is 9. The number of esters is 1. The predicted octanol–water partition coefficient (Wildman–Crippen LogP) is 4.04. The molecule has 184 valence electrons. The van der Waals surface area contributed by atoms with Gasteiger partial charge in [0.2, 0.25) is 5.91 Å². The molecule has 4 aromatic rings. The number of nitrogens with two attached hydrogens (primary N) is 1. The van der Waals surface area contributed by atoms with Crippen LogP contribution in [0.2, 0.25) is 0 Å². The van der Waals surface area contributed by atoms with Gasteiger partial charge >= 0.3 is 5.97 Å². The largest absolute Gasteiger partial charge is 0.457 e. The minimum Gasteiger partial charge on any atom is -0.457 e. The number of anilines is 1. The maximum atomic E-state index is 12.9. The van der Waals surface area contributed by atoms with E-state index in [-0.39, 0.29) is 31.2 Å². The molecular weight excluding hydrogens is 484 g/mol. The summed E-state index contributed by atoms with van der Waals surface area (Å²) in [6.07, 6.45) is 3.46. The molecule has 0 aliphatic heterocycles. The minimum atomic E-state index is -0.894. The Labute approximate surface area is 209 Å². The second-order valence-electron chi connectivity index (χ2n) is 7.82. The maximum absolute atomic E-state index is 12.9. The van der Waals surface area contributed by atoms with E-state index < -0.39 is 17.0 Å². The first-order chi connectivity index (χ1) is 17.4. The van der Waals surface area contributed by atoms with E-state index in [9.17, 15) is 19.7 Å². The lowest BCUT2D eigenvalue weighted by molar-refractivity contribution is -0.763. The zero-order valence-electron chi connectivity index (χ0n) is 19.0. The highest BCUT2D eigenvalue weighted by Gasteiger charge is 2.20. The molecule has 0 unspecified atom stereocenters. The molecule has 2 aromatic carbocycles. The number of rotatable bonds is 10. The van der Waals surface area contributed by atoms with Crippen LogP contribution in [0.5, 0.6) is 0 Å². The first kappa shape index (κ1) is 24.8. The van der Waals surface area contributed by atoms with Crippen molar-refractivity contribution in [3.63, 3.8) is 0 Å². The monoisotopic (exact) mass is 506 g/mol. The lowest BCUT2D eigenvalue weighted by Gasteiger charge is -2.15. The van der Waals surface area contributed by atoms with E-state index in [4.69, 9.17) is 10.5 Å². The van der Waals surface area contributed by atoms with Gasteiger partial charge in [-0.3, -0.25) is 9.78 Å². The first-order valence-corrected chi connectivity index (χ1v) is 11.7. The number of carbonyl (C=O) groups is 2. The third-order valence-corrected chi connectivity index (χ3v) is 6.37. The summed E-state index contributed by atoms with van der Waals surface area (Å²) in [5.41, 5.74) is 8.11. The van der Waals surface area contributed by atoms with Crippen LogP contribution in [0, 0.1) is 10.1 Å². The molecule has 2 heterocycles. The Kier molecular flexibility index (Phi) is 7.83. The molecule has 36 heavy (non-hydrogen) atoms. The molecule has 0 saturated carbocycles. The zero-order valence-corrected chi connectivity index (χ0v) is 19.8. The fourth-order valence-electron chi connectivity index (χ4n) is 3.54. The van der Waals surface area contributed by atoms with Gasteiger partial charge in [0.05, 0.1) is 21.2 Å². The summed E-state index contributed by atoms with van der Waals surface area (Å²) in [5, 5.41) is 14.1. The van der Waals surface area contributed by atoms with Crippen LogP contribution in [0.1, 0.15) is 33.0 Å². The highest BCUT2D eigenvalue weighted by Crippen LogP contribution is 2.30. The summed E-state index contributed by atoms with van der Waals surface area (Å²) >= 11 is 1.44. The van der Waals surface area contributed by atoms with E-state index >= 15 is 0 Å². The molecule has 0 aliphatic carbocycles. The topological polar surface area (TPSA) is 147 Å². The lowest BCUT2D eigenvalue weighted by atomic mass is 9.97. The van der Waals surface area contributed by atoms with Crippen molar-refractivity contribution in [2.45, 2.75) is 19.1 Å². The number of benzene rings is 2. The summed E-state index contributed by atoms with van der Waals surface area (Å²) in [4.78, 5) is 44.0. The van der Waals surface area contributed by atoms with Crippen LogP contribution >= 0.6 is 11.3 Å². The third-order valence-electron chi connectivity index (χ3n) is 5.37. The molecule has 0 spiro atoms. The Bertz CT molecular complexity index is 1360. The number of nitrogens with zero attached hydrogens (tertiary/aromatic N) is 2. The Hall–Kier alpha value is -4.35. The highest BCUT2D eigenvalue weighted by molar-refractivity contribution is 7.22. The van der Waals surface area contributed by atoms with Crippen molar-refractivity contribution in [2.24, 2.45) is 5.73 Å². The molecule has 0 saturated heterocycles. The Morgan fingerprint density at radius 2 is 1.89 bits per heavy atom. The summed E-state index contributed by atoms with van der Waals surface area (Å²) in [6, 6.07) is 17.1. The Balaban J connectivity index is 1.35. The molecule has 10 nitrogen and oxygen atoms in total. The zero-order chi connectivity index (χ0) is 25.5. The number of aromatic nitrogens is 1. The summed E-state index contributed by atoms with van der Waals surface area (Å²) in [6.45, 7) is -0.112. The van der Waals surface area contributed by atoms with Crippen molar-refractivity contribution in [1.82, 2.24) is 4.98 Å². The van der Waals surface area contributed by atoms with Crippen LogP contribution in [0.4, 0.5) is 5.00 Å². The van der Waals surface area contributed by atoms with Gasteiger partial charge in [-0.1, -0.05) is 36.4 Å². The van der Waals surface area contributed by atoms with Crippen LogP contribution in [-0.2, 0) is 27.6 Å². The third kappa shape index (κ3) is 6.20. The van der Waals surface area contributed by atoms with Crippen LogP contribution < -0.4 is 11.1 Å². The average molecular weight is 507 g/mol. The minimum absolute atomic E-state index is 0.0179. The fraction of sp³-hybridized carbons (Fsp3) is 0.160. The van der Waals surface area contributed by atoms with Gasteiger partial charge in [-0.2, -0.15) is 0 Å². The summed E-state index contributed by atoms with van der Waals surface area (Å²) < 4.78 is 6.33. The van der Waals surface area contributed by atoms with Crippen molar-refractivity contribution in [3.8, 4) is 0 Å². The van der Waals surface area contributed by atoms with E-state index in [0.29, 0.717) is 5.56 Å². The summed E-state index contributed by atoms with van der Waals surface area (Å²) in [5.74, 6) is -1.33. The van der Waals surface area contributed by atoms with Crippen LogP contribution in [-0.4, -0.2) is 28.5 Å². The molecule has 2 aromatic heterocycles.